The highest BCUT2D eigenvalue weighted by Gasteiger charge is 2.24. The molecule has 0 bridgehead atoms. The van der Waals surface area contributed by atoms with Crippen molar-refractivity contribution in [1.29, 1.82) is 0 Å². The van der Waals surface area contributed by atoms with Crippen molar-refractivity contribution in [1.82, 2.24) is 5.32 Å². The maximum Gasteiger partial charge on any atom is 0.269 e. The van der Waals surface area contributed by atoms with E-state index in [4.69, 9.17) is 4.74 Å². The summed E-state index contributed by atoms with van der Waals surface area (Å²) < 4.78 is 18.9. The number of piperidine rings is 1. The number of alkyl halides is 1. The van der Waals surface area contributed by atoms with Crippen molar-refractivity contribution >= 4 is 5.69 Å². The number of non-ortho nitro benzene ring substituents is 1. The van der Waals surface area contributed by atoms with E-state index in [1.54, 1.807) is 12.1 Å². The second-order valence-corrected chi connectivity index (χ2v) is 4.28. The Hall–Kier alpha value is -1.53. The van der Waals surface area contributed by atoms with Gasteiger partial charge in [0.25, 0.3) is 5.69 Å². The third-order valence-electron chi connectivity index (χ3n) is 2.96. The Kier molecular flexibility index (Phi) is 4.22. The zero-order chi connectivity index (χ0) is 13.0. The number of ether oxygens (including phenoxy) is 1. The summed E-state index contributed by atoms with van der Waals surface area (Å²) in [6, 6.07) is 6.11. The molecule has 2 atom stereocenters. The second kappa shape index (κ2) is 5.88. The maximum atomic E-state index is 13.4. The van der Waals surface area contributed by atoms with Crippen LogP contribution in [0.3, 0.4) is 0 Å². The fourth-order valence-electron chi connectivity index (χ4n) is 1.90. The van der Waals surface area contributed by atoms with Crippen molar-refractivity contribution < 1.29 is 14.1 Å². The van der Waals surface area contributed by atoms with Crippen molar-refractivity contribution in [2.75, 3.05) is 13.1 Å². The average molecular weight is 254 g/mol. The predicted octanol–water partition coefficient (Wildman–Crippen LogP) is 1.81. The lowest BCUT2D eigenvalue weighted by molar-refractivity contribution is -0.384. The number of hydrogen-bond acceptors (Lipinski definition) is 4. The monoisotopic (exact) mass is 254 g/mol. The molecule has 1 fully saturated rings. The van der Waals surface area contributed by atoms with E-state index < -0.39 is 11.1 Å². The van der Waals surface area contributed by atoms with Crippen LogP contribution in [0.1, 0.15) is 12.0 Å². The SMILES string of the molecule is O=[N+]([O-])c1ccc(COC2CCNC[C@@H]2F)cc1. The summed E-state index contributed by atoms with van der Waals surface area (Å²) in [6.45, 7) is 1.36. The first-order chi connectivity index (χ1) is 8.66. The molecule has 98 valence electrons. The van der Waals surface area contributed by atoms with E-state index in [2.05, 4.69) is 5.32 Å². The van der Waals surface area contributed by atoms with Gasteiger partial charge in [-0.05, 0) is 30.7 Å². The van der Waals surface area contributed by atoms with E-state index in [0.29, 0.717) is 13.0 Å². The maximum absolute atomic E-state index is 13.4. The molecule has 2 rings (SSSR count). The molecule has 0 saturated carbocycles. The molecule has 0 radical (unpaired) electrons. The van der Waals surface area contributed by atoms with Gasteiger partial charge in [-0.1, -0.05) is 0 Å². The van der Waals surface area contributed by atoms with Crippen LogP contribution in [-0.4, -0.2) is 30.3 Å². The molecule has 1 heterocycles. The van der Waals surface area contributed by atoms with Gasteiger partial charge < -0.3 is 10.1 Å². The molecule has 1 saturated heterocycles. The Morgan fingerprint density at radius 3 is 2.78 bits per heavy atom. The van der Waals surface area contributed by atoms with Crippen LogP contribution in [0.2, 0.25) is 0 Å². The lowest BCUT2D eigenvalue weighted by Crippen LogP contribution is -2.42. The molecule has 1 aromatic rings. The Labute approximate surface area is 104 Å². The zero-order valence-electron chi connectivity index (χ0n) is 9.84. The third-order valence-corrected chi connectivity index (χ3v) is 2.96. The largest absolute Gasteiger partial charge is 0.370 e. The van der Waals surface area contributed by atoms with Crippen molar-refractivity contribution in [2.24, 2.45) is 0 Å². The summed E-state index contributed by atoms with van der Waals surface area (Å²) in [5.41, 5.74) is 0.857. The van der Waals surface area contributed by atoms with Crippen LogP contribution < -0.4 is 5.32 Å². The van der Waals surface area contributed by atoms with Gasteiger partial charge in [-0.15, -0.1) is 0 Å². The van der Waals surface area contributed by atoms with E-state index in [-0.39, 0.29) is 18.4 Å². The average Bonchev–Trinajstić information content (AvgIpc) is 2.38. The first kappa shape index (κ1) is 12.9. The number of rotatable bonds is 4. The number of nitrogens with one attached hydrogen (secondary N) is 1. The standard InChI is InChI=1S/C12H15FN2O3/c13-11-7-14-6-5-12(11)18-8-9-1-3-10(4-2-9)15(16)17/h1-4,11-12,14H,5-8H2/t11-,12?/m0/s1. The van der Waals surface area contributed by atoms with Crippen molar-refractivity contribution in [2.45, 2.75) is 25.3 Å². The van der Waals surface area contributed by atoms with Gasteiger partial charge in [-0.25, -0.2) is 4.39 Å². The highest BCUT2D eigenvalue weighted by Crippen LogP contribution is 2.16. The number of nitrogens with zero attached hydrogens (tertiary/aromatic N) is 1. The minimum Gasteiger partial charge on any atom is -0.370 e. The van der Waals surface area contributed by atoms with E-state index in [1.807, 2.05) is 0 Å². The van der Waals surface area contributed by atoms with Gasteiger partial charge in [0.15, 0.2) is 0 Å². The summed E-state index contributed by atoms with van der Waals surface area (Å²) in [5, 5.41) is 13.4. The number of halogens is 1. The highest BCUT2D eigenvalue weighted by atomic mass is 19.1. The third kappa shape index (κ3) is 3.24. The molecule has 6 heteroatoms. The molecule has 0 aromatic heterocycles. The van der Waals surface area contributed by atoms with Crippen molar-refractivity contribution in [3.63, 3.8) is 0 Å². The van der Waals surface area contributed by atoms with Gasteiger partial charge in [0.2, 0.25) is 0 Å². The highest BCUT2D eigenvalue weighted by molar-refractivity contribution is 5.32. The number of benzene rings is 1. The number of nitro groups is 1. The van der Waals surface area contributed by atoms with Crippen LogP contribution in [0.25, 0.3) is 0 Å². The molecular weight excluding hydrogens is 239 g/mol. The smallest absolute Gasteiger partial charge is 0.269 e. The van der Waals surface area contributed by atoms with Gasteiger partial charge in [0, 0.05) is 18.7 Å². The second-order valence-electron chi connectivity index (χ2n) is 4.28. The summed E-state index contributed by atoms with van der Waals surface area (Å²) in [7, 11) is 0. The normalized spacial score (nSPS) is 23.8. The van der Waals surface area contributed by atoms with E-state index >= 15 is 0 Å². The van der Waals surface area contributed by atoms with Gasteiger partial charge in [-0.3, -0.25) is 10.1 Å². The summed E-state index contributed by atoms with van der Waals surface area (Å²) in [4.78, 5) is 10.0. The Bertz CT molecular complexity index is 410. The predicted molar refractivity (Wildman–Crippen MR) is 64.1 cm³/mol. The Morgan fingerprint density at radius 1 is 1.44 bits per heavy atom. The van der Waals surface area contributed by atoms with E-state index in [0.717, 1.165) is 12.1 Å². The zero-order valence-corrected chi connectivity index (χ0v) is 9.84. The van der Waals surface area contributed by atoms with Crippen LogP contribution in [0.5, 0.6) is 0 Å². The molecule has 5 nitrogen and oxygen atoms in total. The lowest BCUT2D eigenvalue weighted by Gasteiger charge is -2.26. The quantitative estimate of drug-likeness (QED) is 0.657. The molecule has 1 aliphatic heterocycles. The molecule has 1 unspecified atom stereocenters. The molecule has 1 aliphatic rings. The number of nitro benzene ring substituents is 1. The summed E-state index contributed by atoms with van der Waals surface area (Å²) in [6.07, 6.45) is -0.730. The Morgan fingerprint density at radius 2 is 2.17 bits per heavy atom. The van der Waals surface area contributed by atoms with Crippen LogP contribution in [0.4, 0.5) is 10.1 Å². The van der Waals surface area contributed by atoms with Crippen molar-refractivity contribution in [3.8, 4) is 0 Å². The van der Waals surface area contributed by atoms with Crippen LogP contribution in [-0.2, 0) is 11.3 Å². The van der Waals surface area contributed by atoms with Crippen LogP contribution in [0.15, 0.2) is 24.3 Å². The summed E-state index contributed by atoms with van der Waals surface area (Å²) >= 11 is 0. The fraction of sp³-hybridized carbons (Fsp3) is 0.500. The molecule has 0 spiro atoms. The molecule has 1 aromatic carbocycles. The molecule has 1 N–H and O–H groups in total. The minimum atomic E-state index is -0.989. The van der Waals surface area contributed by atoms with Gasteiger partial charge in [-0.2, -0.15) is 0 Å². The topological polar surface area (TPSA) is 64.4 Å². The van der Waals surface area contributed by atoms with E-state index in [9.17, 15) is 14.5 Å². The first-order valence-electron chi connectivity index (χ1n) is 5.86. The van der Waals surface area contributed by atoms with E-state index in [1.165, 1.54) is 12.1 Å². The van der Waals surface area contributed by atoms with Gasteiger partial charge >= 0.3 is 0 Å². The van der Waals surface area contributed by atoms with Crippen LogP contribution in [0, 0.1) is 10.1 Å². The minimum absolute atomic E-state index is 0.0454. The molecular formula is C12H15FN2O3. The van der Waals surface area contributed by atoms with Crippen molar-refractivity contribution in [3.05, 3.63) is 39.9 Å². The molecule has 18 heavy (non-hydrogen) atoms. The molecule has 0 aliphatic carbocycles. The van der Waals surface area contributed by atoms with Gasteiger partial charge in [0.1, 0.15) is 6.17 Å². The first-order valence-corrected chi connectivity index (χ1v) is 5.86. The fourth-order valence-corrected chi connectivity index (χ4v) is 1.90. The van der Waals surface area contributed by atoms with Gasteiger partial charge in [0.05, 0.1) is 17.6 Å². The lowest BCUT2D eigenvalue weighted by atomic mass is 10.1. The molecule has 0 amide bonds. The Balaban J connectivity index is 1.87. The summed E-state index contributed by atoms with van der Waals surface area (Å²) in [5.74, 6) is 0. The van der Waals surface area contributed by atoms with Crippen LogP contribution >= 0.6 is 0 Å². The number of hydrogen-bond donors (Lipinski definition) is 1.